The van der Waals surface area contributed by atoms with Gasteiger partial charge in [0.1, 0.15) is 0 Å². The second-order valence-electron chi connectivity index (χ2n) is 25.4. The molecular weight excluding hydrogens is 1100 g/mol. The Morgan fingerprint density at radius 3 is 0.831 bits per heavy atom. The summed E-state index contributed by atoms with van der Waals surface area (Å²) in [4.78, 5) is 21.3. The van der Waals surface area contributed by atoms with Crippen molar-refractivity contribution in [2.24, 2.45) is 53.3 Å². The van der Waals surface area contributed by atoms with Gasteiger partial charge in [-0.15, -0.1) is 0 Å². The molecule has 2 N–H and O–H groups in total. The summed E-state index contributed by atoms with van der Waals surface area (Å²) in [6, 6.07) is 7.00. The van der Waals surface area contributed by atoms with E-state index in [9.17, 15) is 49.1 Å². The lowest BCUT2D eigenvalue weighted by Crippen LogP contribution is -2.26. The zero-order chi connectivity index (χ0) is 60.3. The maximum atomic E-state index is 13.5. The molecule has 3 aromatic carbocycles. The molecule has 6 aliphatic carbocycles. The molecule has 83 heavy (non-hydrogen) atoms. The summed E-state index contributed by atoms with van der Waals surface area (Å²) in [6.45, 7) is 11.1. The number of esters is 1. The molecule has 0 spiro atoms. The van der Waals surface area contributed by atoms with Gasteiger partial charge in [0.15, 0.2) is 52.4 Å². The summed E-state index contributed by atoms with van der Waals surface area (Å²) in [6.07, 6.45) is 29.5. The number of benzene rings is 3. The van der Waals surface area contributed by atoms with Crippen molar-refractivity contribution in [3.63, 3.8) is 0 Å². The molecule has 3 aromatic rings. The Bertz CT molecular complexity index is 2370. The third-order valence-electron chi connectivity index (χ3n) is 19.9. The van der Waals surface area contributed by atoms with Crippen molar-refractivity contribution in [2.45, 2.75) is 205 Å². The van der Waals surface area contributed by atoms with E-state index in [0.29, 0.717) is 89.1 Å². The van der Waals surface area contributed by atoms with Gasteiger partial charge < -0.3 is 14.9 Å². The number of carbonyl (C=O) groups is 2. The van der Waals surface area contributed by atoms with Crippen molar-refractivity contribution in [1.82, 2.24) is 0 Å². The Hall–Kier alpha value is -4.14. The summed E-state index contributed by atoms with van der Waals surface area (Å²) >= 11 is 4.87. The number of ether oxygens (including phenoxy) is 1. The first-order chi connectivity index (χ1) is 39.6. The lowest BCUT2D eigenvalue weighted by atomic mass is 9.68. The van der Waals surface area contributed by atoms with Crippen molar-refractivity contribution >= 4 is 22.8 Å². The van der Waals surface area contributed by atoms with E-state index in [1.54, 1.807) is 13.8 Å². The van der Waals surface area contributed by atoms with E-state index in [0.717, 1.165) is 120 Å². The standard InChI is InChI=1S/C24H31F3O2.2C20H27F3O.C4H5ClO/c1-15(2)24(28)29-12-11-16-3-5-17(6-4-16)18-7-9-19(10-8-18)20-13-21(25)23(27)22(26)14-20;2*21-18-11-17(12-19(22)20(18)23)16-7-5-15(6-8-16)14-3-1-13(2-4-14)9-10-24;1-3(2)4(5)6/h13-14,16-19H,1,3-12H2,2H3;2*11-16,24H,1-10H2;1H2,2H3. The van der Waals surface area contributed by atoms with Crippen molar-refractivity contribution in [1.29, 1.82) is 0 Å². The van der Waals surface area contributed by atoms with Crippen LogP contribution >= 0.6 is 11.6 Å². The molecule has 0 radical (unpaired) electrons. The number of aliphatic hydroxyl groups is 2. The summed E-state index contributed by atoms with van der Waals surface area (Å²) in [5.74, 6) is -4.15. The van der Waals surface area contributed by atoms with Gasteiger partial charge in [-0.25, -0.2) is 44.3 Å². The molecule has 9 rings (SSSR count). The monoisotopic (exact) mass is 1190 g/mol. The number of aliphatic hydroxyl groups excluding tert-OH is 2. The smallest absolute Gasteiger partial charge is 0.333 e. The average molecular weight is 1190 g/mol. The molecule has 0 aliphatic heterocycles. The molecule has 0 heterocycles. The zero-order valence-corrected chi connectivity index (χ0v) is 49.7. The Labute approximate surface area is 492 Å². The quantitative estimate of drug-likeness (QED) is 0.0521. The van der Waals surface area contributed by atoms with Crippen LogP contribution in [0.15, 0.2) is 60.7 Å². The fraction of sp³-hybridized carbons (Fsp3) is 0.647. The first-order valence-corrected chi connectivity index (χ1v) is 31.4. The third-order valence-corrected chi connectivity index (χ3v) is 20.3. The van der Waals surface area contributed by atoms with Crippen molar-refractivity contribution in [3.05, 3.63) is 130 Å². The zero-order valence-electron chi connectivity index (χ0n) is 48.9. The van der Waals surface area contributed by atoms with Crippen LogP contribution in [0, 0.1) is 106 Å². The minimum absolute atomic E-state index is 0.121. The van der Waals surface area contributed by atoms with E-state index in [4.69, 9.17) is 26.6 Å². The minimum Gasteiger partial charge on any atom is -0.462 e. The Balaban J connectivity index is 0.000000191. The molecule has 6 saturated carbocycles. The number of hydrogen-bond acceptors (Lipinski definition) is 5. The molecule has 0 saturated heterocycles. The maximum absolute atomic E-state index is 13.5. The van der Waals surface area contributed by atoms with E-state index < -0.39 is 57.6 Å². The van der Waals surface area contributed by atoms with Crippen LogP contribution < -0.4 is 0 Å². The van der Waals surface area contributed by atoms with Crippen LogP contribution in [0.2, 0.25) is 0 Å². The lowest BCUT2D eigenvalue weighted by molar-refractivity contribution is -0.139. The van der Waals surface area contributed by atoms with Crippen LogP contribution in [0.5, 0.6) is 0 Å². The normalized spacial score (nSPS) is 28.2. The first-order valence-electron chi connectivity index (χ1n) is 31.0. The number of rotatable bonds is 15. The number of allylic oxidation sites excluding steroid dienone is 1. The predicted octanol–water partition coefficient (Wildman–Crippen LogP) is 19.2. The highest BCUT2D eigenvalue weighted by Crippen LogP contribution is 2.48. The highest BCUT2D eigenvalue weighted by atomic mass is 35.5. The topological polar surface area (TPSA) is 83.8 Å². The van der Waals surface area contributed by atoms with Crippen LogP contribution in [0.4, 0.5) is 39.5 Å². The number of halogens is 10. The predicted molar refractivity (Wildman–Crippen MR) is 309 cm³/mol. The van der Waals surface area contributed by atoms with Gasteiger partial charge in [0, 0.05) is 24.4 Å². The minimum atomic E-state index is -1.38. The molecule has 462 valence electrons. The molecule has 0 unspecified atom stereocenters. The third kappa shape index (κ3) is 20.5. The van der Waals surface area contributed by atoms with Gasteiger partial charge in [-0.2, -0.15) is 0 Å². The summed E-state index contributed by atoms with van der Waals surface area (Å²) < 4.78 is 125. The number of hydrogen-bond donors (Lipinski definition) is 2. The van der Waals surface area contributed by atoms with Gasteiger partial charge >= 0.3 is 5.97 Å². The molecule has 6 aliphatic rings. The highest BCUT2D eigenvalue weighted by Gasteiger charge is 2.35. The van der Waals surface area contributed by atoms with E-state index >= 15 is 0 Å². The first kappa shape index (κ1) is 68.0. The summed E-state index contributed by atoms with van der Waals surface area (Å²) in [5.41, 5.74) is 2.63. The highest BCUT2D eigenvalue weighted by molar-refractivity contribution is 6.67. The van der Waals surface area contributed by atoms with Gasteiger partial charge in [-0.05, 0) is 284 Å². The van der Waals surface area contributed by atoms with Crippen LogP contribution in [-0.4, -0.2) is 41.2 Å². The molecule has 0 amide bonds. The largest absolute Gasteiger partial charge is 0.462 e. The number of carbonyl (C=O) groups excluding carboxylic acids is 2. The second kappa shape index (κ2) is 33.7. The Kier molecular flexibility index (Phi) is 27.6. The van der Waals surface area contributed by atoms with E-state index in [1.165, 1.54) is 101 Å². The molecule has 0 aromatic heterocycles. The van der Waals surface area contributed by atoms with E-state index in [2.05, 4.69) is 13.2 Å². The molecule has 0 bridgehead atoms. The van der Waals surface area contributed by atoms with Gasteiger partial charge in [0.25, 0.3) is 0 Å². The van der Waals surface area contributed by atoms with Crippen LogP contribution in [0.3, 0.4) is 0 Å². The van der Waals surface area contributed by atoms with Gasteiger partial charge in [-0.1, -0.05) is 51.7 Å². The fourth-order valence-corrected chi connectivity index (χ4v) is 14.9. The average Bonchev–Trinajstić information content (AvgIpc) is 3.62. The van der Waals surface area contributed by atoms with Gasteiger partial charge in [0.2, 0.25) is 5.24 Å². The Morgan fingerprint density at radius 1 is 0.410 bits per heavy atom. The van der Waals surface area contributed by atoms with Gasteiger partial charge in [-0.3, -0.25) is 4.79 Å². The van der Waals surface area contributed by atoms with Gasteiger partial charge in [0.05, 0.1) is 6.61 Å². The fourth-order valence-electron chi connectivity index (χ4n) is 14.9. The van der Waals surface area contributed by atoms with Crippen molar-refractivity contribution in [2.75, 3.05) is 19.8 Å². The second-order valence-corrected chi connectivity index (χ2v) is 25.7. The van der Waals surface area contributed by atoms with Crippen molar-refractivity contribution in [3.8, 4) is 0 Å². The van der Waals surface area contributed by atoms with Crippen LogP contribution in [0.25, 0.3) is 0 Å². The lowest BCUT2D eigenvalue weighted by Gasteiger charge is -2.38. The SMILES string of the molecule is C=C(C)C(=O)Cl.C=C(C)C(=O)OCCC1CCC(C2CCC(c3cc(F)c(F)c(F)c3)CC2)CC1.OCCC1CCC(C2CCC(c3cc(F)c(F)c(F)c3)CC2)CC1.OCCC1CCC(C2CCC(c3cc(F)c(F)c(F)c3)CC2)CC1. The molecule has 15 heteroatoms. The van der Waals surface area contributed by atoms with E-state index in [1.807, 2.05) is 0 Å². The molecular formula is C68H90ClF9O5. The summed E-state index contributed by atoms with van der Waals surface area (Å²) in [5, 5.41) is 17.6. The molecule has 6 fully saturated rings. The van der Waals surface area contributed by atoms with E-state index in [-0.39, 0.29) is 23.7 Å². The van der Waals surface area contributed by atoms with Crippen molar-refractivity contribution < 1.29 is 64.1 Å². The summed E-state index contributed by atoms with van der Waals surface area (Å²) in [7, 11) is 0. The molecule has 0 atom stereocenters. The van der Waals surface area contributed by atoms with Crippen LogP contribution in [0.1, 0.15) is 222 Å². The maximum Gasteiger partial charge on any atom is 0.333 e. The Morgan fingerprint density at radius 2 is 0.627 bits per heavy atom. The molecule has 5 nitrogen and oxygen atoms in total. The van der Waals surface area contributed by atoms with Crippen LogP contribution in [-0.2, 0) is 14.3 Å².